The number of benzene rings is 1. The topological polar surface area (TPSA) is 63.0 Å². The van der Waals surface area contributed by atoms with Gasteiger partial charge < -0.3 is 15.2 Å². The molecule has 5 rings (SSSR count). The van der Waals surface area contributed by atoms with Gasteiger partial charge in [0, 0.05) is 35.9 Å². The lowest BCUT2D eigenvalue weighted by Gasteiger charge is -2.25. The highest BCUT2D eigenvalue weighted by molar-refractivity contribution is 5.28. The predicted molar refractivity (Wildman–Crippen MR) is 105 cm³/mol. The Labute approximate surface area is 161 Å². The molecular weight excluding hydrogens is 336 g/mol. The molecule has 0 radical (unpaired) electrons. The molecule has 0 unspecified atom stereocenters. The molecule has 3 saturated carbocycles. The fourth-order valence-corrected chi connectivity index (χ4v) is 4.69. The molecule has 3 aliphatic rings. The second-order valence-corrected chi connectivity index (χ2v) is 8.81. The van der Waals surface area contributed by atoms with Crippen LogP contribution in [0, 0.1) is 0 Å². The molecule has 0 aliphatic heterocycles. The number of hydrogen-bond acceptors (Lipinski definition) is 5. The van der Waals surface area contributed by atoms with Gasteiger partial charge in [0.15, 0.2) is 5.82 Å². The van der Waals surface area contributed by atoms with Gasteiger partial charge in [-0.2, -0.15) is 4.98 Å². The maximum Gasteiger partial charge on any atom is 0.229 e. The van der Waals surface area contributed by atoms with Gasteiger partial charge in [-0.25, -0.2) is 0 Å². The van der Waals surface area contributed by atoms with Crippen LogP contribution in [0.2, 0.25) is 0 Å². The molecule has 0 bridgehead atoms. The van der Waals surface area contributed by atoms with Crippen LogP contribution < -0.4 is 10.6 Å². The summed E-state index contributed by atoms with van der Waals surface area (Å²) >= 11 is 0. The molecule has 5 nitrogen and oxygen atoms in total. The lowest BCUT2D eigenvalue weighted by molar-refractivity contribution is 0.286. The van der Waals surface area contributed by atoms with Crippen LogP contribution >= 0.6 is 0 Å². The third kappa shape index (κ3) is 3.55. The first-order valence-corrected chi connectivity index (χ1v) is 10.6. The zero-order valence-corrected chi connectivity index (χ0v) is 16.2. The average Bonchev–Trinajstić information content (AvgIpc) is 3.64. The van der Waals surface area contributed by atoms with Gasteiger partial charge in [0.25, 0.3) is 0 Å². The molecule has 27 heavy (non-hydrogen) atoms. The minimum Gasteiger partial charge on any atom is -0.339 e. The molecule has 3 aliphatic carbocycles. The van der Waals surface area contributed by atoms with Crippen LogP contribution in [-0.4, -0.2) is 35.8 Å². The van der Waals surface area contributed by atoms with Gasteiger partial charge in [-0.1, -0.05) is 35.5 Å². The lowest BCUT2D eigenvalue weighted by atomic mass is 9.86. The Balaban J connectivity index is 1.17. The van der Waals surface area contributed by atoms with E-state index in [9.17, 15) is 0 Å². The Hall–Kier alpha value is -1.72. The molecule has 5 heteroatoms. The van der Waals surface area contributed by atoms with Gasteiger partial charge >= 0.3 is 0 Å². The van der Waals surface area contributed by atoms with Gasteiger partial charge in [-0.15, -0.1) is 0 Å². The smallest absolute Gasteiger partial charge is 0.229 e. The van der Waals surface area contributed by atoms with Crippen molar-refractivity contribution in [3.63, 3.8) is 0 Å². The maximum absolute atomic E-state index is 5.70. The SMILES string of the molecule is CNC1CCC(c2nc(C3(CN[C@@H]4C[C@H]4c4ccccc4)CC3)no2)CC1. The average molecular weight is 367 g/mol. The van der Waals surface area contributed by atoms with Crippen molar-refractivity contribution in [2.75, 3.05) is 13.6 Å². The Morgan fingerprint density at radius 1 is 1.11 bits per heavy atom. The van der Waals surface area contributed by atoms with E-state index in [1.165, 1.54) is 37.7 Å². The zero-order chi connectivity index (χ0) is 18.3. The quantitative estimate of drug-likeness (QED) is 0.785. The van der Waals surface area contributed by atoms with Crippen LogP contribution in [0.4, 0.5) is 0 Å². The highest BCUT2D eigenvalue weighted by Crippen LogP contribution is 2.48. The van der Waals surface area contributed by atoms with Gasteiger partial charge in [-0.3, -0.25) is 0 Å². The summed E-state index contributed by atoms with van der Waals surface area (Å²) in [6.45, 7) is 0.979. The number of nitrogens with one attached hydrogen (secondary N) is 2. The first kappa shape index (κ1) is 17.4. The summed E-state index contributed by atoms with van der Waals surface area (Å²) in [5.74, 6) is 2.94. The molecule has 2 aromatic rings. The monoisotopic (exact) mass is 366 g/mol. The lowest BCUT2D eigenvalue weighted by Crippen LogP contribution is -2.30. The molecule has 0 spiro atoms. The summed E-state index contributed by atoms with van der Waals surface area (Å²) in [6, 6.07) is 12.1. The third-order valence-electron chi connectivity index (χ3n) is 6.98. The van der Waals surface area contributed by atoms with E-state index in [4.69, 9.17) is 9.51 Å². The van der Waals surface area contributed by atoms with Crippen molar-refractivity contribution >= 4 is 0 Å². The van der Waals surface area contributed by atoms with Crippen LogP contribution in [0.1, 0.15) is 74.1 Å². The van der Waals surface area contributed by atoms with Gasteiger partial charge in [0.05, 0.1) is 0 Å². The molecule has 144 valence electrons. The molecule has 1 heterocycles. The fraction of sp³-hybridized carbons (Fsp3) is 0.636. The van der Waals surface area contributed by atoms with Crippen LogP contribution in [0.25, 0.3) is 0 Å². The van der Waals surface area contributed by atoms with Gasteiger partial charge in [-0.05, 0) is 57.6 Å². The number of aromatic nitrogens is 2. The summed E-state index contributed by atoms with van der Waals surface area (Å²) in [4.78, 5) is 4.86. The summed E-state index contributed by atoms with van der Waals surface area (Å²) < 4.78 is 5.70. The summed E-state index contributed by atoms with van der Waals surface area (Å²) in [6.07, 6.45) is 8.30. The van der Waals surface area contributed by atoms with Gasteiger partial charge in [0.2, 0.25) is 5.89 Å². The summed E-state index contributed by atoms with van der Waals surface area (Å²) in [5.41, 5.74) is 1.58. The summed E-state index contributed by atoms with van der Waals surface area (Å²) in [5, 5.41) is 11.6. The van der Waals surface area contributed by atoms with Crippen LogP contribution in [-0.2, 0) is 5.41 Å². The number of hydrogen-bond donors (Lipinski definition) is 2. The molecular formula is C22H30N4O. The fourth-order valence-electron chi connectivity index (χ4n) is 4.69. The van der Waals surface area contributed by atoms with E-state index >= 15 is 0 Å². The Kier molecular flexibility index (Phi) is 4.52. The molecule has 0 amide bonds. The number of rotatable bonds is 7. The molecule has 2 N–H and O–H groups in total. The first-order valence-electron chi connectivity index (χ1n) is 10.6. The zero-order valence-electron chi connectivity index (χ0n) is 16.2. The highest BCUT2D eigenvalue weighted by Gasteiger charge is 2.50. The van der Waals surface area contributed by atoms with Crippen molar-refractivity contribution in [1.29, 1.82) is 0 Å². The van der Waals surface area contributed by atoms with Crippen molar-refractivity contribution in [3.8, 4) is 0 Å². The van der Waals surface area contributed by atoms with E-state index in [0.29, 0.717) is 23.9 Å². The van der Waals surface area contributed by atoms with E-state index in [1.54, 1.807) is 0 Å². The van der Waals surface area contributed by atoms with E-state index in [1.807, 2.05) is 0 Å². The molecule has 1 aromatic heterocycles. The predicted octanol–water partition coefficient (Wildman–Crippen LogP) is 3.49. The van der Waals surface area contributed by atoms with Crippen LogP contribution in [0.3, 0.4) is 0 Å². The van der Waals surface area contributed by atoms with Crippen LogP contribution in [0.15, 0.2) is 34.9 Å². The summed E-state index contributed by atoms with van der Waals surface area (Å²) in [7, 11) is 2.06. The van der Waals surface area contributed by atoms with Crippen molar-refractivity contribution in [2.45, 2.75) is 74.3 Å². The molecule has 1 aromatic carbocycles. The van der Waals surface area contributed by atoms with E-state index < -0.39 is 0 Å². The molecule has 0 saturated heterocycles. The Bertz CT molecular complexity index is 762. The van der Waals surface area contributed by atoms with Crippen molar-refractivity contribution < 1.29 is 4.52 Å². The van der Waals surface area contributed by atoms with E-state index in [2.05, 4.69) is 53.2 Å². The normalized spacial score (nSPS) is 31.6. The van der Waals surface area contributed by atoms with Gasteiger partial charge in [0.1, 0.15) is 0 Å². The first-order chi connectivity index (χ1) is 13.3. The van der Waals surface area contributed by atoms with Crippen molar-refractivity contribution in [3.05, 3.63) is 47.6 Å². The second-order valence-electron chi connectivity index (χ2n) is 8.81. The Morgan fingerprint density at radius 2 is 1.89 bits per heavy atom. The number of nitrogens with zero attached hydrogens (tertiary/aromatic N) is 2. The van der Waals surface area contributed by atoms with E-state index in [0.717, 1.165) is 31.1 Å². The van der Waals surface area contributed by atoms with Crippen molar-refractivity contribution in [1.82, 2.24) is 20.8 Å². The minimum atomic E-state index is 0.119. The Morgan fingerprint density at radius 3 is 2.59 bits per heavy atom. The van der Waals surface area contributed by atoms with E-state index in [-0.39, 0.29) is 5.41 Å². The minimum absolute atomic E-state index is 0.119. The third-order valence-corrected chi connectivity index (χ3v) is 6.98. The molecule has 2 atom stereocenters. The maximum atomic E-state index is 5.70. The highest BCUT2D eigenvalue weighted by atomic mass is 16.5. The second kappa shape index (κ2) is 7.02. The van der Waals surface area contributed by atoms with Crippen molar-refractivity contribution in [2.24, 2.45) is 0 Å². The largest absolute Gasteiger partial charge is 0.339 e. The standard InChI is InChI=1S/C22H30N4O/c1-23-17-9-7-16(8-10-17)20-25-21(26-27-20)22(11-12-22)14-24-19-13-18(19)15-5-3-2-4-6-15/h2-6,16-19,23-24H,7-14H2,1H3/t16?,17?,18-,19+/m0/s1. The van der Waals surface area contributed by atoms with Crippen LogP contribution in [0.5, 0.6) is 0 Å². The molecule has 3 fully saturated rings.